The summed E-state index contributed by atoms with van der Waals surface area (Å²) in [6.45, 7) is 7.95. The molecule has 1 heterocycles. The van der Waals surface area contributed by atoms with Gasteiger partial charge in [0.15, 0.2) is 0 Å². The molecular weight excluding hydrogens is 184 g/mol. The Morgan fingerprint density at radius 3 is 3.00 bits per heavy atom. The minimum absolute atomic E-state index is 0.774. The molecule has 1 atom stereocenters. The van der Waals surface area contributed by atoms with Crippen molar-refractivity contribution in [2.24, 2.45) is 5.92 Å². The minimum atomic E-state index is 0.774. The van der Waals surface area contributed by atoms with Gasteiger partial charge in [0.1, 0.15) is 0 Å². The minimum Gasteiger partial charge on any atom is -0.382 e. The van der Waals surface area contributed by atoms with E-state index in [1.165, 1.54) is 24.3 Å². The summed E-state index contributed by atoms with van der Waals surface area (Å²) >= 11 is 0. The van der Waals surface area contributed by atoms with Crippen molar-refractivity contribution in [3.8, 4) is 0 Å². The molecule has 2 heteroatoms. The maximum absolute atomic E-state index is 3.44. The molecule has 1 unspecified atom stereocenters. The van der Waals surface area contributed by atoms with Gasteiger partial charge in [0.25, 0.3) is 0 Å². The first-order chi connectivity index (χ1) is 7.31. The second-order valence-electron chi connectivity index (χ2n) is 4.40. The fourth-order valence-corrected chi connectivity index (χ4v) is 2.04. The maximum atomic E-state index is 3.44. The summed E-state index contributed by atoms with van der Waals surface area (Å²) in [5, 5.41) is 3.44. The topological polar surface area (TPSA) is 15.3 Å². The number of anilines is 2. The third-order valence-electron chi connectivity index (χ3n) is 3.17. The lowest BCUT2D eigenvalue weighted by molar-refractivity contribution is 0.543. The van der Waals surface area contributed by atoms with Crippen LogP contribution in [0.4, 0.5) is 11.4 Å². The Kier molecular flexibility index (Phi) is 3.14. The molecule has 0 radical (unpaired) electrons. The van der Waals surface area contributed by atoms with Gasteiger partial charge in [-0.05, 0) is 18.1 Å². The summed E-state index contributed by atoms with van der Waals surface area (Å²) in [7, 11) is 0. The van der Waals surface area contributed by atoms with Gasteiger partial charge in [0, 0.05) is 19.6 Å². The van der Waals surface area contributed by atoms with Gasteiger partial charge in [-0.2, -0.15) is 0 Å². The molecule has 82 valence electrons. The number of rotatable bonds is 3. The molecule has 15 heavy (non-hydrogen) atoms. The number of para-hydroxylation sites is 2. The highest BCUT2D eigenvalue weighted by molar-refractivity contribution is 5.71. The smallest absolute Gasteiger partial charge is 0.0602 e. The third-order valence-corrected chi connectivity index (χ3v) is 3.17. The van der Waals surface area contributed by atoms with Gasteiger partial charge in [-0.25, -0.2) is 0 Å². The third kappa shape index (κ3) is 2.25. The summed E-state index contributed by atoms with van der Waals surface area (Å²) in [5.41, 5.74) is 2.65. The molecule has 0 fully saturated rings. The lowest BCUT2D eigenvalue weighted by Crippen LogP contribution is -2.36. The number of fused-ring (bicyclic) bond motifs is 1. The van der Waals surface area contributed by atoms with E-state index in [9.17, 15) is 0 Å². The van der Waals surface area contributed by atoms with Gasteiger partial charge >= 0.3 is 0 Å². The number of nitrogens with zero attached hydrogens (tertiary/aromatic N) is 1. The second-order valence-corrected chi connectivity index (χ2v) is 4.40. The highest BCUT2D eigenvalue weighted by atomic mass is 15.2. The van der Waals surface area contributed by atoms with E-state index in [0.29, 0.717) is 0 Å². The van der Waals surface area contributed by atoms with E-state index >= 15 is 0 Å². The highest BCUT2D eigenvalue weighted by Gasteiger charge is 2.16. The van der Waals surface area contributed by atoms with Crippen molar-refractivity contribution in [2.75, 3.05) is 29.9 Å². The molecule has 0 bridgehead atoms. The quantitative estimate of drug-likeness (QED) is 0.814. The van der Waals surface area contributed by atoms with Crippen LogP contribution >= 0.6 is 0 Å². The Morgan fingerprint density at radius 2 is 2.20 bits per heavy atom. The maximum Gasteiger partial charge on any atom is 0.0602 e. The van der Waals surface area contributed by atoms with E-state index in [1.54, 1.807) is 0 Å². The van der Waals surface area contributed by atoms with E-state index < -0.39 is 0 Å². The van der Waals surface area contributed by atoms with Crippen LogP contribution < -0.4 is 10.2 Å². The molecule has 0 spiro atoms. The summed E-state index contributed by atoms with van der Waals surface area (Å²) in [6, 6.07) is 8.59. The van der Waals surface area contributed by atoms with Crippen molar-refractivity contribution >= 4 is 11.4 Å². The Morgan fingerprint density at radius 1 is 1.40 bits per heavy atom. The number of nitrogens with one attached hydrogen (secondary N) is 1. The average Bonchev–Trinajstić information content (AvgIpc) is 2.29. The predicted molar refractivity (Wildman–Crippen MR) is 66.6 cm³/mol. The SMILES string of the molecule is CCC(C)CN1CCNc2ccccc21. The summed E-state index contributed by atoms with van der Waals surface area (Å²) in [5.74, 6) is 0.774. The van der Waals surface area contributed by atoms with Crippen LogP contribution in [0.3, 0.4) is 0 Å². The molecule has 1 aliphatic heterocycles. The Hall–Kier alpha value is -1.18. The van der Waals surface area contributed by atoms with Gasteiger partial charge < -0.3 is 10.2 Å². The molecule has 0 saturated heterocycles. The largest absolute Gasteiger partial charge is 0.382 e. The Bertz CT molecular complexity index is 322. The first-order valence-corrected chi connectivity index (χ1v) is 5.89. The highest BCUT2D eigenvalue weighted by Crippen LogP contribution is 2.28. The van der Waals surface area contributed by atoms with Crippen molar-refractivity contribution in [1.29, 1.82) is 0 Å². The van der Waals surface area contributed by atoms with Crippen LogP contribution in [0.15, 0.2) is 24.3 Å². The van der Waals surface area contributed by atoms with Crippen molar-refractivity contribution in [3.05, 3.63) is 24.3 Å². The van der Waals surface area contributed by atoms with E-state index in [-0.39, 0.29) is 0 Å². The van der Waals surface area contributed by atoms with Crippen molar-refractivity contribution in [1.82, 2.24) is 0 Å². The zero-order chi connectivity index (χ0) is 10.7. The van der Waals surface area contributed by atoms with Crippen molar-refractivity contribution in [3.63, 3.8) is 0 Å². The molecule has 2 rings (SSSR count). The van der Waals surface area contributed by atoms with Gasteiger partial charge in [0.2, 0.25) is 0 Å². The predicted octanol–water partition coefficient (Wildman–Crippen LogP) is 2.96. The fourth-order valence-electron chi connectivity index (χ4n) is 2.04. The van der Waals surface area contributed by atoms with Crippen LogP contribution in [0.1, 0.15) is 20.3 Å². The van der Waals surface area contributed by atoms with Crippen molar-refractivity contribution < 1.29 is 0 Å². The Labute approximate surface area is 92.3 Å². The normalized spacial score (nSPS) is 16.8. The monoisotopic (exact) mass is 204 g/mol. The number of hydrogen-bond acceptors (Lipinski definition) is 2. The molecule has 2 nitrogen and oxygen atoms in total. The zero-order valence-electron chi connectivity index (χ0n) is 9.66. The van der Waals surface area contributed by atoms with Crippen LogP contribution in [0.5, 0.6) is 0 Å². The van der Waals surface area contributed by atoms with Crippen molar-refractivity contribution in [2.45, 2.75) is 20.3 Å². The summed E-state index contributed by atoms with van der Waals surface area (Å²) in [6.07, 6.45) is 1.26. The van der Waals surface area contributed by atoms with E-state index in [1.807, 2.05) is 0 Å². The second kappa shape index (κ2) is 4.56. The van der Waals surface area contributed by atoms with Gasteiger partial charge in [-0.3, -0.25) is 0 Å². The van der Waals surface area contributed by atoms with Gasteiger partial charge in [0.05, 0.1) is 11.4 Å². The molecule has 0 saturated carbocycles. The number of hydrogen-bond donors (Lipinski definition) is 1. The van der Waals surface area contributed by atoms with Gasteiger partial charge in [-0.15, -0.1) is 0 Å². The summed E-state index contributed by atoms with van der Waals surface area (Å²) < 4.78 is 0. The molecule has 1 N–H and O–H groups in total. The molecule has 0 amide bonds. The first kappa shape index (κ1) is 10.3. The van der Waals surface area contributed by atoms with Crippen LogP contribution in [0.25, 0.3) is 0 Å². The lowest BCUT2D eigenvalue weighted by atomic mass is 10.1. The van der Waals surface area contributed by atoms with Crippen LogP contribution in [-0.4, -0.2) is 19.6 Å². The lowest BCUT2D eigenvalue weighted by Gasteiger charge is -2.33. The van der Waals surface area contributed by atoms with E-state index in [2.05, 4.69) is 48.3 Å². The molecule has 0 aliphatic carbocycles. The average molecular weight is 204 g/mol. The molecular formula is C13H20N2. The van der Waals surface area contributed by atoms with Gasteiger partial charge in [-0.1, -0.05) is 32.4 Å². The standard InChI is InChI=1S/C13H20N2/c1-3-11(2)10-15-9-8-14-12-6-4-5-7-13(12)15/h4-7,11,14H,3,8-10H2,1-2H3. The Balaban J connectivity index is 2.15. The van der Waals surface area contributed by atoms with Crippen LogP contribution in [-0.2, 0) is 0 Å². The van der Waals surface area contributed by atoms with E-state index in [4.69, 9.17) is 0 Å². The molecule has 1 aromatic rings. The van der Waals surface area contributed by atoms with Crippen LogP contribution in [0, 0.1) is 5.92 Å². The number of benzene rings is 1. The molecule has 0 aromatic heterocycles. The molecule has 1 aliphatic rings. The van der Waals surface area contributed by atoms with Crippen LogP contribution in [0.2, 0.25) is 0 Å². The fraction of sp³-hybridized carbons (Fsp3) is 0.538. The summed E-state index contributed by atoms with van der Waals surface area (Å²) in [4.78, 5) is 2.50. The first-order valence-electron chi connectivity index (χ1n) is 5.89. The molecule has 1 aromatic carbocycles. The zero-order valence-corrected chi connectivity index (χ0v) is 9.66. The van der Waals surface area contributed by atoms with E-state index in [0.717, 1.165) is 19.0 Å².